The topological polar surface area (TPSA) is 190 Å². The summed E-state index contributed by atoms with van der Waals surface area (Å²) in [7, 11) is 0. The molecule has 0 aliphatic carbocycles. The molecule has 0 aliphatic heterocycles. The summed E-state index contributed by atoms with van der Waals surface area (Å²) in [6, 6.07) is 0. The van der Waals surface area contributed by atoms with Crippen molar-refractivity contribution in [1.29, 1.82) is 0 Å². The van der Waals surface area contributed by atoms with Gasteiger partial charge in [0, 0.05) is 0 Å². The number of rotatable bonds is 0. The van der Waals surface area contributed by atoms with Crippen molar-refractivity contribution in [2.24, 2.45) is 0 Å². The molecular weight excluding hydrogens is 663 g/mol. The summed E-state index contributed by atoms with van der Waals surface area (Å²) < 4.78 is 76.9. The largest absolute Gasteiger partial charge is 3.00 e. The molecule has 14 heteroatoms. The number of hydrogen-bond donors (Lipinski definition) is 0. The van der Waals surface area contributed by atoms with E-state index in [1.807, 2.05) is 0 Å². The molecule has 0 saturated carbocycles. The van der Waals surface area contributed by atoms with Crippen LogP contribution in [0, 0.1) is 82.6 Å². The summed E-state index contributed by atoms with van der Waals surface area (Å²) >= 11 is -11.4. The van der Waals surface area contributed by atoms with E-state index in [0.29, 0.717) is 0 Å². The quantitative estimate of drug-likeness (QED) is 0.227. The maximum Gasteiger partial charge on any atom is 3.00 e. The molecule has 0 aromatic carbocycles. The Morgan fingerprint density at radius 2 is 0.500 bits per heavy atom. The molecule has 0 spiro atoms. The summed E-state index contributed by atoms with van der Waals surface area (Å²) in [6.07, 6.45) is 0. The molecule has 0 heterocycles. The van der Waals surface area contributed by atoms with Crippen molar-refractivity contribution in [2.45, 2.75) is 0 Å². The van der Waals surface area contributed by atoms with E-state index in [9.17, 15) is 0 Å². The van der Waals surface area contributed by atoms with Crippen molar-refractivity contribution >= 4 is 43.5 Å². The van der Waals surface area contributed by atoms with Gasteiger partial charge in [0.2, 0.25) is 0 Å². The predicted molar refractivity (Wildman–Crippen MR) is 19.3 cm³/mol. The normalized spacial score (nSPS) is 7.50. The van der Waals surface area contributed by atoms with Gasteiger partial charge in [-0.3, -0.25) is 0 Å². The standard InChI is InChI=1S/3H2O3Se.2Pr/c3*1-4(2)3;;/h3*(H2,1,2,3);;/q;;;2*+3/p-6. The van der Waals surface area contributed by atoms with Crippen molar-refractivity contribution in [3.05, 3.63) is 0 Å². The van der Waals surface area contributed by atoms with Crippen LogP contribution in [0.2, 0.25) is 0 Å². The molecule has 78 valence electrons. The average molecular weight is 663 g/mol. The van der Waals surface area contributed by atoms with E-state index in [2.05, 4.69) is 0 Å². The van der Waals surface area contributed by atoms with E-state index in [4.69, 9.17) is 36.6 Å². The zero-order valence-corrected chi connectivity index (χ0v) is 18.6. The molecule has 0 radical (unpaired) electrons. The third kappa shape index (κ3) is 271. The van der Waals surface area contributed by atoms with E-state index in [1.165, 1.54) is 0 Å². The van der Waals surface area contributed by atoms with Gasteiger partial charge in [0.1, 0.15) is 0 Å². The van der Waals surface area contributed by atoms with E-state index in [0.717, 1.165) is 0 Å². The zero-order valence-electron chi connectivity index (χ0n) is 6.05. The maximum atomic E-state index is 8.54. The minimum Gasteiger partial charge on any atom is 3.00 e. The monoisotopic (exact) mass is 666 g/mol. The third-order valence-electron chi connectivity index (χ3n) is 0. The summed E-state index contributed by atoms with van der Waals surface area (Å²) in [5, 5.41) is 0. The van der Waals surface area contributed by atoms with Crippen LogP contribution >= 0.6 is 0 Å². The smallest absolute Gasteiger partial charge is 3.00 e. The Labute approximate surface area is 159 Å². The molecule has 0 rings (SSSR count). The fourth-order valence-corrected chi connectivity index (χ4v) is 0. The second-order valence-electron chi connectivity index (χ2n) is 0.612. The van der Waals surface area contributed by atoms with Gasteiger partial charge in [-0.1, -0.05) is 0 Å². The van der Waals surface area contributed by atoms with Crippen molar-refractivity contribution < 1.29 is 119 Å². The Balaban J connectivity index is -0.0000000270. The van der Waals surface area contributed by atoms with Gasteiger partial charge in [-0.05, 0) is 0 Å². The Bertz CT molecular complexity index is 116. The molecule has 0 N–H and O–H groups in total. The first-order chi connectivity index (χ1) is 5.20. The first-order valence-electron chi connectivity index (χ1n) is 1.50. The first kappa shape index (κ1) is 30.5. The molecule has 0 bridgehead atoms. The molecule has 0 aromatic heterocycles. The molecule has 0 fully saturated rings. The second-order valence-corrected chi connectivity index (χ2v) is 3.18. The Hall–Kier alpha value is 3.45. The van der Waals surface area contributed by atoms with Crippen LogP contribution in [0.25, 0.3) is 0 Å². The van der Waals surface area contributed by atoms with Crippen LogP contribution in [0.15, 0.2) is 0 Å². The van der Waals surface area contributed by atoms with Crippen LogP contribution in [0.5, 0.6) is 0 Å². The molecule has 0 saturated heterocycles. The Morgan fingerprint density at radius 1 is 0.500 bits per heavy atom. The fourth-order valence-electron chi connectivity index (χ4n) is 0. The van der Waals surface area contributed by atoms with Crippen molar-refractivity contribution in [1.82, 2.24) is 0 Å². The molecule has 0 unspecified atom stereocenters. The molecule has 0 amide bonds. The predicted octanol–water partition coefficient (Wildman–Crippen LogP) is -8.63. The number of hydrogen-bond acceptors (Lipinski definition) is 9. The molecule has 0 aliphatic rings. The van der Waals surface area contributed by atoms with Gasteiger partial charge in [0.25, 0.3) is 0 Å². The van der Waals surface area contributed by atoms with Gasteiger partial charge in [-0.2, -0.15) is 0 Å². The average Bonchev–Trinajstić information content (AvgIpc) is 1.54. The van der Waals surface area contributed by atoms with Crippen LogP contribution < -0.4 is 25.1 Å². The molecule has 0 atom stereocenters. The molecular formula is O9Pr2Se3. The summed E-state index contributed by atoms with van der Waals surface area (Å²) in [5.74, 6) is 0. The summed E-state index contributed by atoms with van der Waals surface area (Å²) in [4.78, 5) is 0. The Morgan fingerprint density at radius 3 is 0.500 bits per heavy atom. The van der Waals surface area contributed by atoms with Crippen LogP contribution in [-0.2, 0) is 11.5 Å². The van der Waals surface area contributed by atoms with Crippen molar-refractivity contribution in [2.75, 3.05) is 0 Å². The minimum absolute atomic E-state index is 0. The van der Waals surface area contributed by atoms with E-state index >= 15 is 0 Å². The fraction of sp³-hybridized carbons (Fsp3) is 0. The van der Waals surface area contributed by atoms with Crippen LogP contribution in [0.1, 0.15) is 0 Å². The van der Waals surface area contributed by atoms with Gasteiger partial charge in [0.05, 0.1) is 0 Å². The van der Waals surface area contributed by atoms with Crippen molar-refractivity contribution in [3.8, 4) is 0 Å². The molecule has 9 nitrogen and oxygen atoms in total. The maximum absolute atomic E-state index is 8.54. The zero-order chi connectivity index (χ0) is 10.7. The van der Waals surface area contributed by atoms with E-state index < -0.39 is 43.5 Å². The minimum atomic E-state index is -3.79. The van der Waals surface area contributed by atoms with E-state index in [1.54, 1.807) is 0 Å². The van der Waals surface area contributed by atoms with Gasteiger partial charge < -0.3 is 0 Å². The van der Waals surface area contributed by atoms with Crippen molar-refractivity contribution in [3.63, 3.8) is 0 Å². The molecule has 0 aromatic rings. The summed E-state index contributed by atoms with van der Waals surface area (Å²) in [6.45, 7) is 0. The third-order valence-corrected chi connectivity index (χ3v) is 0. The van der Waals surface area contributed by atoms with Crippen LogP contribution in [-0.4, -0.2) is 43.5 Å². The van der Waals surface area contributed by atoms with Crippen LogP contribution in [0.4, 0.5) is 0 Å². The van der Waals surface area contributed by atoms with Gasteiger partial charge in [0.15, 0.2) is 0 Å². The van der Waals surface area contributed by atoms with E-state index in [-0.39, 0.29) is 82.6 Å². The summed E-state index contributed by atoms with van der Waals surface area (Å²) in [5.41, 5.74) is 0. The SMILES string of the molecule is O=[Se]([O-])[O-].O=[Se]([O-])[O-].O=[Se]([O-])[O-].[Pr+3].[Pr+3]. The second kappa shape index (κ2) is 25.3. The first-order valence-corrected chi connectivity index (χ1v) is 7.79. The molecule has 14 heavy (non-hydrogen) atoms. The van der Waals surface area contributed by atoms with Gasteiger partial charge in [-0.25, -0.2) is 0 Å². The van der Waals surface area contributed by atoms with Crippen LogP contribution in [0.3, 0.4) is 0 Å². The van der Waals surface area contributed by atoms with Gasteiger partial charge >= 0.3 is 163 Å². The Kier molecular flexibility index (Phi) is 55.1. The van der Waals surface area contributed by atoms with Gasteiger partial charge in [-0.15, -0.1) is 0 Å².